The molecule has 0 aromatic carbocycles. The van der Waals surface area contributed by atoms with Crippen molar-refractivity contribution in [1.29, 1.82) is 0 Å². The molecule has 0 spiro atoms. The zero-order valence-corrected chi connectivity index (χ0v) is 52.5. The molecule has 0 N–H and O–H groups in total. The van der Waals surface area contributed by atoms with Crippen LogP contribution in [-0.4, -0.2) is 37.2 Å². The normalized spacial score (nSPS) is 13.1. The fourth-order valence-electron chi connectivity index (χ4n) is 8.82. The molecular formula is C75H122O6. The smallest absolute Gasteiger partial charge is 0.306 e. The first kappa shape index (κ1) is 76.3. The van der Waals surface area contributed by atoms with Gasteiger partial charge in [-0.25, -0.2) is 0 Å². The zero-order chi connectivity index (χ0) is 58.5. The first-order valence-electron chi connectivity index (χ1n) is 33.3. The lowest BCUT2D eigenvalue weighted by Crippen LogP contribution is -2.30. The molecule has 0 fully saturated rings. The number of allylic oxidation sites excluding steroid dienone is 24. The molecule has 0 aliphatic carbocycles. The molecular weight excluding hydrogens is 997 g/mol. The van der Waals surface area contributed by atoms with Crippen LogP contribution >= 0.6 is 0 Å². The van der Waals surface area contributed by atoms with E-state index in [1.807, 2.05) is 0 Å². The largest absolute Gasteiger partial charge is 0.462 e. The summed E-state index contributed by atoms with van der Waals surface area (Å²) < 4.78 is 16.9. The highest BCUT2D eigenvalue weighted by Gasteiger charge is 2.19. The Morgan fingerprint density at radius 3 is 0.827 bits per heavy atom. The third-order valence-electron chi connectivity index (χ3n) is 13.8. The van der Waals surface area contributed by atoms with Gasteiger partial charge in [-0.3, -0.25) is 14.4 Å². The fraction of sp³-hybridized carbons (Fsp3) is 0.640. The van der Waals surface area contributed by atoms with Crippen LogP contribution in [0.25, 0.3) is 0 Å². The summed E-state index contributed by atoms with van der Waals surface area (Å²) in [5.41, 5.74) is 0. The van der Waals surface area contributed by atoms with E-state index in [4.69, 9.17) is 14.2 Å². The lowest BCUT2D eigenvalue weighted by molar-refractivity contribution is -0.167. The zero-order valence-electron chi connectivity index (χ0n) is 52.5. The monoisotopic (exact) mass is 1120 g/mol. The van der Waals surface area contributed by atoms with Crippen LogP contribution in [0.3, 0.4) is 0 Å². The Bertz CT molecular complexity index is 1760. The van der Waals surface area contributed by atoms with E-state index in [1.54, 1.807) is 0 Å². The Morgan fingerprint density at radius 2 is 0.494 bits per heavy atom. The highest BCUT2D eigenvalue weighted by molar-refractivity contribution is 5.71. The third kappa shape index (κ3) is 66.0. The van der Waals surface area contributed by atoms with Crippen LogP contribution in [0.2, 0.25) is 0 Å². The number of unbranched alkanes of at least 4 members (excludes halogenated alkanes) is 24. The summed E-state index contributed by atoms with van der Waals surface area (Å²) in [4.78, 5) is 38.4. The van der Waals surface area contributed by atoms with Gasteiger partial charge in [-0.2, -0.15) is 0 Å². The van der Waals surface area contributed by atoms with Gasteiger partial charge >= 0.3 is 17.9 Å². The number of ether oxygens (including phenoxy) is 3. The van der Waals surface area contributed by atoms with Crippen molar-refractivity contribution in [2.45, 2.75) is 297 Å². The maximum Gasteiger partial charge on any atom is 0.306 e. The standard InChI is InChI=1S/C75H122O6/c1-4-7-10-13-16-19-22-25-28-31-34-36-37-39-41-44-47-50-53-56-59-62-65-68-74(77)80-71-72(70-79-73(76)67-64-61-58-55-52-49-46-43-40-33-30-27-24-21-18-15-12-9-6-3)81-75(78)69-66-63-60-57-54-51-48-45-42-38-35-32-29-26-23-20-17-14-11-8-5-2/h7,10,16,18-19,21,23,25-28,30,32,34-36,39,41-42,45,47,50,56,59,72H,4-6,8-9,11-15,17,20,22,24,29,31,33,37-38,40,43-44,46,48-49,51-55,57-58,60-71H2,1-3H3/b10-7-,19-16-,21-18-,26-23-,28-25-,30-27-,35-32-,36-34-,41-39-,45-42-,50-47-,59-56-. The summed E-state index contributed by atoms with van der Waals surface area (Å²) >= 11 is 0. The van der Waals surface area contributed by atoms with E-state index in [0.29, 0.717) is 19.3 Å². The SMILES string of the molecule is CC/C=C\C/C=C\C/C=C\C/C=C\C/C=C\C/C=C\C/C=C\CCCC(=O)OCC(COC(=O)CCCCCCCCCCC/C=C\C/C=C\CCCCC)OC(=O)CCCCCCCC/C=C\C/C=C\C/C=C\CCCCCCC. The lowest BCUT2D eigenvalue weighted by Gasteiger charge is -2.18. The molecule has 6 nitrogen and oxygen atoms in total. The molecule has 0 aromatic rings. The van der Waals surface area contributed by atoms with Crippen molar-refractivity contribution in [1.82, 2.24) is 0 Å². The Balaban J connectivity index is 4.54. The molecule has 81 heavy (non-hydrogen) atoms. The number of carbonyl (C=O) groups is 3. The second kappa shape index (κ2) is 67.8. The van der Waals surface area contributed by atoms with Crippen molar-refractivity contribution in [3.05, 3.63) is 146 Å². The van der Waals surface area contributed by atoms with E-state index < -0.39 is 6.10 Å². The topological polar surface area (TPSA) is 78.9 Å². The van der Waals surface area contributed by atoms with E-state index in [2.05, 4.69) is 167 Å². The van der Waals surface area contributed by atoms with Crippen molar-refractivity contribution in [2.75, 3.05) is 13.2 Å². The van der Waals surface area contributed by atoms with Gasteiger partial charge < -0.3 is 14.2 Å². The van der Waals surface area contributed by atoms with Gasteiger partial charge in [0.25, 0.3) is 0 Å². The van der Waals surface area contributed by atoms with E-state index in [-0.39, 0.29) is 37.5 Å². The molecule has 0 saturated carbocycles. The van der Waals surface area contributed by atoms with Crippen LogP contribution in [0.5, 0.6) is 0 Å². The molecule has 0 bridgehead atoms. The minimum atomic E-state index is -0.819. The molecule has 0 aliphatic heterocycles. The average molecular weight is 1120 g/mol. The average Bonchev–Trinajstić information content (AvgIpc) is 3.47. The number of esters is 3. The van der Waals surface area contributed by atoms with Crippen molar-refractivity contribution < 1.29 is 28.6 Å². The summed E-state index contributed by atoms with van der Waals surface area (Å²) in [6.45, 7) is 6.44. The van der Waals surface area contributed by atoms with Gasteiger partial charge in [0.1, 0.15) is 13.2 Å². The van der Waals surface area contributed by atoms with Crippen LogP contribution in [0.1, 0.15) is 290 Å². The molecule has 0 amide bonds. The Hall–Kier alpha value is -4.71. The number of rotatable bonds is 59. The Morgan fingerprint density at radius 1 is 0.259 bits per heavy atom. The van der Waals surface area contributed by atoms with Crippen LogP contribution in [0, 0.1) is 0 Å². The molecule has 0 heterocycles. The van der Waals surface area contributed by atoms with E-state index in [9.17, 15) is 14.4 Å². The molecule has 0 aromatic heterocycles. The molecule has 0 radical (unpaired) electrons. The minimum Gasteiger partial charge on any atom is -0.462 e. The van der Waals surface area contributed by atoms with Crippen molar-refractivity contribution in [2.24, 2.45) is 0 Å². The van der Waals surface area contributed by atoms with Crippen molar-refractivity contribution >= 4 is 17.9 Å². The van der Waals surface area contributed by atoms with Gasteiger partial charge in [-0.15, -0.1) is 0 Å². The second-order valence-corrected chi connectivity index (χ2v) is 21.6. The molecule has 1 unspecified atom stereocenters. The minimum absolute atomic E-state index is 0.109. The second-order valence-electron chi connectivity index (χ2n) is 21.6. The molecule has 0 aliphatic rings. The van der Waals surface area contributed by atoms with Gasteiger partial charge in [0, 0.05) is 19.3 Å². The molecule has 1 atom stereocenters. The maximum absolute atomic E-state index is 12.9. The highest BCUT2D eigenvalue weighted by Crippen LogP contribution is 2.15. The van der Waals surface area contributed by atoms with E-state index in [0.717, 1.165) is 122 Å². The van der Waals surface area contributed by atoms with Gasteiger partial charge in [0.2, 0.25) is 0 Å². The first-order chi connectivity index (χ1) is 40.0. The summed E-state index contributed by atoms with van der Waals surface area (Å²) in [6.07, 6.45) is 97.1. The lowest BCUT2D eigenvalue weighted by atomic mass is 10.1. The molecule has 0 saturated heterocycles. The van der Waals surface area contributed by atoms with Crippen LogP contribution < -0.4 is 0 Å². The summed E-state index contributed by atoms with van der Waals surface area (Å²) in [5.74, 6) is -0.985. The molecule has 458 valence electrons. The Labute approximate surface area is 499 Å². The van der Waals surface area contributed by atoms with Gasteiger partial charge in [-0.1, -0.05) is 276 Å². The van der Waals surface area contributed by atoms with E-state index in [1.165, 1.54) is 122 Å². The van der Waals surface area contributed by atoms with Crippen LogP contribution in [0.4, 0.5) is 0 Å². The van der Waals surface area contributed by atoms with Crippen molar-refractivity contribution in [3.8, 4) is 0 Å². The molecule has 6 heteroatoms. The van der Waals surface area contributed by atoms with Gasteiger partial charge in [0.05, 0.1) is 0 Å². The maximum atomic E-state index is 12.9. The predicted octanol–water partition coefficient (Wildman–Crippen LogP) is 23.1. The predicted molar refractivity (Wildman–Crippen MR) is 352 cm³/mol. The van der Waals surface area contributed by atoms with Gasteiger partial charge in [-0.05, 0) is 141 Å². The number of hydrogen-bond acceptors (Lipinski definition) is 6. The van der Waals surface area contributed by atoms with Crippen molar-refractivity contribution in [3.63, 3.8) is 0 Å². The summed E-state index contributed by atoms with van der Waals surface area (Å²) in [5, 5.41) is 0. The summed E-state index contributed by atoms with van der Waals surface area (Å²) in [6, 6.07) is 0. The molecule has 0 rings (SSSR count). The quantitative estimate of drug-likeness (QED) is 0.0261. The van der Waals surface area contributed by atoms with Crippen LogP contribution in [0.15, 0.2) is 146 Å². The Kier molecular flexibility index (Phi) is 63.9. The first-order valence-corrected chi connectivity index (χ1v) is 33.3. The summed E-state index contributed by atoms with van der Waals surface area (Å²) in [7, 11) is 0. The van der Waals surface area contributed by atoms with Crippen LogP contribution in [-0.2, 0) is 28.6 Å². The number of carbonyl (C=O) groups excluding carboxylic acids is 3. The number of hydrogen-bond donors (Lipinski definition) is 0. The third-order valence-corrected chi connectivity index (χ3v) is 13.8. The fourth-order valence-corrected chi connectivity index (χ4v) is 8.82. The highest BCUT2D eigenvalue weighted by atomic mass is 16.6. The van der Waals surface area contributed by atoms with E-state index >= 15 is 0 Å². The van der Waals surface area contributed by atoms with Gasteiger partial charge in [0.15, 0.2) is 6.10 Å².